The Kier molecular flexibility index (Phi) is 5.09. The van der Waals surface area contributed by atoms with Crippen molar-refractivity contribution in [2.75, 3.05) is 24.5 Å². The van der Waals surface area contributed by atoms with Crippen molar-refractivity contribution in [1.29, 1.82) is 5.26 Å². The molecule has 30 heavy (non-hydrogen) atoms. The summed E-state index contributed by atoms with van der Waals surface area (Å²) in [5, 5.41) is 20.5. The van der Waals surface area contributed by atoms with Crippen molar-refractivity contribution in [2.24, 2.45) is 5.92 Å². The minimum absolute atomic E-state index is 0.0118. The van der Waals surface area contributed by atoms with Gasteiger partial charge in [-0.3, -0.25) is 4.79 Å². The lowest BCUT2D eigenvalue weighted by atomic mass is 9.90. The smallest absolute Gasteiger partial charge is 0.251 e. The lowest BCUT2D eigenvalue weighted by molar-refractivity contribution is -0.138. The Bertz CT molecular complexity index is 978. The molecule has 5 atom stereocenters. The van der Waals surface area contributed by atoms with Crippen LogP contribution in [0.25, 0.3) is 5.52 Å². The molecule has 2 N–H and O–H groups in total. The van der Waals surface area contributed by atoms with Crippen LogP contribution in [0.3, 0.4) is 0 Å². The first-order chi connectivity index (χ1) is 14.6. The van der Waals surface area contributed by atoms with E-state index in [9.17, 15) is 10.1 Å². The van der Waals surface area contributed by atoms with Crippen LogP contribution in [0, 0.1) is 17.2 Å². The third-order valence-corrected chi connectivity index (χ3v) is 6.77. The third-order valence-electron chi connectivity index (χ3n) is 6.77. The van der Waals surface area contributed by atoms with Crippen molar-refractivity contribution < 1.29 is 9.53 Å². The van der Waals surface area contributed by atoms with Crippen LogP contribution in [-0.4, -0.2) is 59.4 Å². The maximum atomic E-state index is 13.1. The second-order valence-electron chi connectivity index (χ2n) is 8.83. The Hall–Kier alpha value is -2.63. The SMILES string of the molecule is C[C@@H]1CN(c2ccc(C#N)n3nccc23)C[C@H](C(=O)NC2CC3CCCC2CN3)O1. The summed E-state index contributed by atoms with van der Waals surface area (Å²) >= 11 is 0. The first-order valence-electron chi connectivity index (χ1n) is 10.9. The van der Waals surface area contributed by atoms with Crippen molar-refractivity contribution in [1.82, 2.24) is 20.2 Å². The van der Waals surface area contributed by atoms with Gasteiger partial charge in [0.1, 0.15) is 11.8 Å². The van der Waals surface area contributed by atoms with Gasteiger partial charge in [-0.05, 0) is 50.3 Å². The molecule has 2 bridgehead atoms. The van der Waals surface area contributed by atoms with E-state index in [1.807, 2.05) is 19.1 Å². The van der Waals surface area contributed by atoms with E-state index in [1.54, 1.807) is 16.8 Å². The minimum Gasteiger partial charge on any atom is -0.364 e. The molecule has 0 radical (unpaired) electrons. The molecule has 4 aliphatic rings. The largest absolute Gasteiger partial charge is 0.364 e. The summed E-state index contributed by atoms with van der Waals surface area (Å²) in [6, 6.07) is 8.55. The summed E-state index contributed by atoms with van der Waals surface area (Å²) in [5.74, 6) is 0.497. The van der Waals surface area contributed by atoms with Crippen molar-refractivity contribution in [3.8, 4) is 6.07 Å². The van der Waals surface area contributed by atoms with E-state index in [-0.39, 0.29) is 18.1 Å². The number of carbonyl (C=O) groups excluding carboxylic acids is 1. The lowest BCUT2D eigenvalue weighted by Gasteiger charge is -2.39. The van der Waals surface area contributed by atoms with E-state index >= 15 is 0 Å². The van der Waals surface area contributed by atoms with E-state index < -0.39 is 6.10 Å². The van der Waals surface area contributed by atoms with Crippen molar-refractivity contribution >= 4 is 17.1 Å². The van der Waals surface area contributed by atoms with Gasteiger partial charge >= 0.3 is 0 Å². The number of rotatable bonds is 3. The number of pyridine rings is 1. The molecular weight excluding hydrogens is 380 g/mol. The average molecular weight is 409 g/mol. The van der Waals surface area contributed by atoms with Crippen LogP contribution in [-0.2, 0) is 9.53 Å². The predicted molar refractivity (Wildman–Crippen MR) is 112 cm³/mol. The summed E-state index contributed by atoms with van der Waals surface area (Å²) in [4.78, 5) is 15.3. The average Bonchev–Trinajstić information content (AvgIpc) is 3.03. The van der Waals surface area contributed by atoms with Gasteiger partial charge in [0.15, 0.2) is 6.10 Å². The fourth-order valence-electron chi connectivity index (χ4n) is 5.29. The van der Waals surface area contributed by atoms with E-state index in [0.717, 1.165) is 24.2 Å². The zero-order valence-corrected chi connectivity index (χ0v) is 17.3. The number of hydrogen-bond acceptors (Lipinski definition) is 6. The number of fused-ring (bicyclic) bond motifs is 5. The fraction of sp³-hybridized carbons (Fsp3) is 0.591. The summed E-state index contributed by atoms with van der Waals surface area (Å²) in [5.41, 5.74) is 2.33. The number of nitrogens with zero attached hydrogens (tertiary/aromatic N) is 4. The highest BCUT2D eigenvalue weighted by atomic mass is 16.5. The van der Waals surface area contributed by atoms with Crippen LogP contribution in [0.1, 0.15) is 38.3 Å². The van der Waals surface area contributed by atoms with E-state index in [4.69, 9.17) is 4.74 Å². The molecule has 1 amide bonds. The fourth-order valence-corrected chi connectivity index (χ4v) is 5.29. The number of anilines is 1. The first-order valence-corrected chi connectivity index (χ1v) is 10.9. The van der Waals surface area contributed by atoms with E-state index in [1.165, 1.54) is 19.3 Å². The van der Waals surface area contributed by atoms with Crippen LogP contribution in [0.15, 0.2) is 24.4 Å². The number of morpholine rings is 1. The Morgan fingerprint density at radius 2 is 2.23 bits per heavy atom. The molecule has 158 valence electrons. The normalized spacial score (nSPS) is 31.3. The zero-order chi connectivity index (χ0) is 20.7. The van der Waals surface area contributed by atoms with Crippen LogP contribution >= 0.6 is 0 Å². The molecule has 5 heterocycles. The molecule has 4 fully saturated rings. The van der Waals surface area contributed by atoms with Gasteiger partial charge in [-0.25, -0.2) is 4.52 Å². The molecule has 3 aliphatic heterocycles. The lowest BCUT2D eigenvalue weighted by Crippen LogP contribution is -2.57. The van der Waals surface area contributed by atoms with E-state index in [2.05, 4.69) is 26.7 Å². The van der Waals surface area contributed by atoms with Crippen LogP contribution in [0.4, 0.5) is 5.69 Å². The van der Waals surface area contributed by atoms with Gasteiger partial charge in [0.25, 0.3) is 5.91 Å². The quantitative estimate of drug-likeness (QED) is 0.798. The Balaban J connectivity index is 1.34. The topological polar surface area (TPSA) is 94.7 Å². The summed E-state index contributed by atoms with van der Waals surface area (Å²) in [6.45, 7) is 4.17. The minimum atomic E-state index is -0.512. The van der Waals surface area contributed by atoms with Crippen LogP contribution in [0.5, 0.6) is 0 Å². The van der Waals surface area contributed by atoms with Crippen molar-refractivity contribution in [2.45, 2.75) is 56.9 Å². The number of ether oxygens (including phenoxy) is 1. The number of amides is 1. The monoisotopic (exact) mass is 408 g/mol. The van der Waals surface area contributed by atoms with Gasteiger partial charge in [-0.2, -0.15) is 10.4 Å². The molecule has 8 heteroatoms. The van der Waals surface area contributed by atoms with Crippen LogP contribution < -0.4 is 15.5 Å². The summed E-state index contributed by atoms with van der Waals surface area (Å²) in [6.07, 6.45) is 5.74. The van der Waals surface area contributed by atoms with Gasteiger partial charge in [0.2, 0.25) is 0 Å². The number of nitrogens with one attached hydrogen (secondary N) is 2. The highest BCUT2D eigenvalue weighted by Crippen LogP contribution is 2.29. The van der Waals surface area contributed by atoms with Crippen molar-refractivity contribution in [3.05, 3.63) is 30.1 Å². The summed E-state index contributed by atoms with van der Waals surface area (Å²) < 4.78 is 7.70. The molecule has 0 aromatic carbocycles. The second kappa shape index (κ2) is 7.89. The molecule has 6 rings (SSSR count). The molecule has 1 aliphatic carbocycles. The maximum absolute atomic E-state index is 13.1. The molecule has 2 aromatic heterocycles. The number of aromatic nitrogens is 2. The Labute approximate surface area is 176 Å². The number of nitriles is 1. The van der Waals surface area contributed by atoms with Gasteiger partial charge in [0.05, 0.1) is 30.0 Å². The maximum Gasteiger partial charge on any atom is 0.251 e. The highest BCUT2D eigenvalue weighted by Gasteiger charge is 2.37. The van der Waals surface area contributed by atoms with Gasteiger partial charge in [-0.15, -0.1) is 0 Å². The third kappa shape index (κ3) is 3.53. The Morgan fingerprint density at radius 1 is 1.33 bits per heavy atom. The zero-order valence-electron chi connectivity index (χ0n) is 17.3. The Morgan fingerprint density at radius 3 is 3.10 bits per heavy atom. The number of hydrogen-bond donors (Lipinski definition) is 2. The van der Waals surface area contributed by atoms with Gasteiger partial charge in [-0.1, -0.05) is 6.42 Å². The van der Waals surface area contributed by atoms with Gasteiger partial charge in [0, 0.05) is 25.2 Å². The summed E-state index contributed by atoms with van der Waals surface area (Å²) in [7, 11) is 0. The molecule has 8 nitrogen and oxygen atoms in total. The first kappa shape index (κ1) is 19.3. The second-order valence-corrected chi connectivity index (χ2v) is 8.83. The molecule has 3 saturated heterocycles. The number of carbonyl (C=O) groups is 1. The van der Waals surface area contributed by atoms with E-state index in [0.29, 0.717) is 30.7 Å². The molecule has 2 aromatic rings. The van der Waals surface area contributed by atoms with Crippen LogP contribution in [0.2, 0.25) is 0 Å². The van der Waals surface area contributed by atoms with Gasteiger partial charge < -0.3 is 20.3 Å². The molecule has 1 saturated carbocycles. The van der Waals surface area contributed by atoms with Crippen molar-refractivity contribution in [3.63, 3.8) is 0 Å². The highest BCUT2D eigenvalue weighted by molar-refractivity contribution is 5.83. The molecule has 3 unspecified atom stereocenters. The standard InChI is InChI=1S/C22H28N6O2/c1-14-12-27(19-6-5-17(10-23)28-20(19)7-8-25-28)13-21(30-14)22(29)26-18-9-16-4-2-3-15(18)11-24-16/h5-8,14-16,18,21,24H,2-4,9,11-13H2,1H3,(H,26,29)/t14-,15?,16?,18?,21-/m1/s1. The molecule has 0 spiro atoms. The number of piperidine rings is 1. The molecular formula is C22H28N6O2. The predicted octanol–water partition coefficient (Wildman–Crippen LogP) is 1.45.